The molecule has 2 saturated heterocycles. The Labute approximate surface area is 116 Å². The van der Waals surface area contributed by atoms with Crippen LogP contribution in [0.25, 0.3) is 0 Å². The van der Waals surface area contributed by atoms with Crippen LogP contribution in [-0.4, -0.2) is 33.6 Å². The van der Waals surface area contributed by atoms with Gasteiger partial charge in [-0.2, -0.15) is 0 Å². The van der Waals surface area contributed by atoms with E-state index in [1.54, 1.807) is 0 Å². The quantitative estimate of drug-likeness (QED) is 0.909. The highest BCUT2D eigenvalue weighted by Gasteiger charge is 2.37. The highest BCUT2D eigenvalue weighted by atomic mass is 15.3. The zero-order valence-corrected chi connectivity index (χ0v) is 12.1. The smallest absolute Gasteiger partial charge is 0.0951 e. The highest BCUT2D eigenvalue weighted by Crippen LogP contribution is 2.36. The Hall–Kier alpha value is -0.870. The van der Waals surface area contributed by atoms with Gasteiger partial charge in [-0.15, -0.1) is 0 Å². The number of imidazole rings is 1. The molecule has 0 aromatic carbocycles. The van der Waals surface area contributed by atoms with Crippen molar-refractivity contribution in [3.63, 3.8) is 0 Å². The van der Waals surface area contributed by atoms with Crippen molar-refractivity contribution >= 4 is 0 Å². The van der Waals surface area contributed by atoms with Gasteiger partial charge in [-0.1, -0.05) is 20.3 Å². The molecular weight excluding hydrogens is 236 g/mol. The molecule has 3 unspecified atom stereocenters. The molecular formula is C15H26N4. The number of aromatic nitrogens is 2. The Bertz CT molecular complexity index is 426. The lowest BCUT2D eigenvalue weighted by molar-refractivity contribution is 0.171. The largest absolute Gasteiger partial charge is 0.328 e. The van der Waals surface area contributed by atoms with Crippen molar-refractivity contribution in [1.29, 1.82) is 0 Å². The van der Waals surface area contributed by atoms with Crippen LogP contribution < -0.4 is 5.73 Å². The standard InChI is InChI=1S/C15H26N4/c1-11(2)15(16)14-9-17-10-19(14)13-6-8-18-7-4-3-5-12(13)18/h9-13,15H,3-8,16H2,1-2H3. The lowest BCUT2D eigenvalue weighted by Gasteiger charge is -2.34. The molecule has 2 aliphatic rings. The van der Waals surface area contributed by atoms with Crippen LogP contribution in [0.3, 0.4) is 0 Å². The van der Waals surface area contributed by atoms with Gasteiger partial charge >= 0.3 is 0 Å². The molecule has 3 heterocycles. The van der Waals surface area contributed by atoms with E-state index in [1.807, 2.05) is 12.5 Å². The van der Waals surface area contributed by atoms with Gasteiger partial charge in [-0.25, -0.2) is 4.98 Å². The maximum Gasteiger partial charge on any atom is 0.0951 e. The molecule has 0 saturated carbocycles. The van der Waals surface area contributed by atoms with Crippen LogP contribution in [0, 0.1) is 5.92 Å². The van der Waals surface area contributed by atoms with E-state index in [0.29, 0.717) is 18.0 Å². The van der Waals surface area contributed by atoms with Gasteiger partial charge in [0.15, 0.2) is 0 Å². The summed E-state index contributed by atoms with van der Waals surface area (Å²) in [5, 5.41) is 0. The first-order chi connectivity index (χ1) is 9.18. The Kier molecular flexibility index (Phi) is 3.63. The molecule has 106 valence electrons. The first kappa shape index (κ1) is 13.1. The first-order valence-corrected chi connectivity index (χ1v) is 7.70. The lowest BCUT2D eigenvalue weighted by atomic mass is 9.97. The number of nitrogens with two attached hydrogens (primary N) is 1. The second kappa shape index (κ2) is 5.25. The van der Waals surface area contributed by atoms with E-state index < -0.39 is 0 Å². The van der Waals surface area contributed by atoms with Gasteiger partial charge in [0.2, 0.25) is 0 Å². The SMILES string of the molecule is CC(C)C(N)c1cncn1C1CCN2CCCCC12. The minimum absolute atomic E-state index is 0.0974. The summed E-state index contributed by atoms with van der Waals surface area (Å²) in [5.41, 5.74) is 7.56. The average molecular weight is 262 g/mol. The normalized spacial score (nSPS) is 29.7. The summed E-state index contributed by atoms with van der Waals surface area (Å²) >= 11 is 0. The third-order valence-electron chi connectivity index (χ3n) is 4.93. The summed E-state index contributed by atoms with van der Waals surface area (Å²) in [5.74, 6) is 0.458. The van der Waals surface area contributed by atoms with Crippen LogP contribution in [0.5, 0.6) is 0 Å². The van der Waals surface area contributed by atoms with Gasteiger partial charge in [-0.05, 0) is 31.7 Å². The molecule has 3 rings (SSSR count). The molecule has 2 fully saturated rings. The number of hydrogen-bond acceptors (Lipinski definition) is 3. The summed E-state index contributed by atoms with van der Waals surface area (Å²) in [6, 6.07) is 1.39. The van der Waals surface area contributed by atoms with Crippen molar-refractivity contribution in [2.75, 3.05) is 13.1 Å². The second-order valence-electron chi connectivity index (χ2n) is 6.45. The fourth-order valence-electron chi connectivity index (χ4n) is 3.74. The Balaban J connectivity index is 1.84. The summed E-state index contributed by atoms with van der Waals surface area (Å²) in [4.78, 5) is 7.04. The van der Waals surface area contributed by atoms with Gasteiger partial charge in [0.05, 0.1) is 18.1 Å². The number of hydrogen-bond donors (Lipinski definition) is 1. The second-order valence-corrected chi connectivity index (χ2v) is 6.45. The molecule has 0 bridgehead atoms. The molecule has 0 amide bonds. The van der Waals surface area contributed by atoms with Gasteiger partial charge in [-0.3, -0.25) is 4.90 Å². The van der Waals surface area contributed by atoms with E-state index >= 15 is 0 Å². The van der Waals surface area contributed by atoms with E-state index in [2.05, 4.69) is 28.3 Å². The zero-order valence-electron chi connectivity index (χ0n) is 12.1. The third kappa shape index (κ3) is 2.32. The van der Waals surface area contributed by atoms with E-state index in [-0.39, 0.29) is 6.04 Å². The van der Waals surface area contributed by atoms with Crippen LogP contribution >= 0.6 is 0 Å². The minimum atomic E-state index is 0.0974. The third-order valence-corrected chi connectivity index (χ3v) is 4.93. The van der Waals surface area contributed by atoms with Crippen LogP contribution in [0.1, 0.15) is 57.3 Å². The summed E-state index contributed by atoms with van der Waals surface area (Å²) in [7, 11) is 0. The fourth-order valence-corrected chi connectivity index (χ4v) is 3.74. The van der Waals surface area contributed by atoms with Crippen molar-refractivity contribution in [3.05, 3.63) is 18.2 Å². The van der Waals surface area contributed by atoms with Crippen LogP contribution in [-0.2, 0) is 0 Å². The highest BCUT2D eigenvalue weighted by molar-refractivity contribution is 5.09. The first-order valence-electron chi connectivity index (χ1n) is 7.70. The van der Waals surface area contributed by atoms with E-state index in [1.165, 1.54) is 44.5 Å². The van der Waals surface area contributed by atoms with Gasteiger partial charge in [0.1, 0.15) is 0 Å². The van der Waals surface area contributed by atoms with Gasteiger partial charge in [0.25, 0.3) is 0 Å². The van der Waals surface area contributed by atoms with Crippen molar-refractivity contribution in [2.45, 2.75) is 57.7 Å². The van der Waals surface area contributed by atoms with Crippen LogP contribution in [0.15, 0.2) is 12.5 Å². The van der Waals surface area contributed by atoms with Crippen LogP contribution in [0.2, 0.25) is 0 Å². The number of piperidine rings is 1. The molecule has 1 aromatic heterocycles. The molecule has 0 aliphatic carbocycles. The molecule has 4 heteroatoms. The van der Waals surface area contributed by atoms with Crippen molar-refractivity contribution < 1.29 is 0 Å². The fraction of sp³-hybridized carbons (Fsp3) is 0.800. The number of fused-ring (bicyclic) bond motifs is 1. The van der Waals surface area contributed by atoms with Crippen molar-refractivity contribution in [2.24, 2.45) is 11.7 Å². The molecule has 1 aromatic rings. The number of nitrogens with zero attached hydrogens (tertiary/aromatic N) is 3. The summed E-state index contributed by atoms with van der Waals surface area (Å²) in [6.07, 6.45) is 9.29. The zero-order chi connectivity index (χ0) is 13.4. The topological polar surface area (TPSA) is 47.1 Å². The van der Waals surface area contributed by atoms with Crippen LogP contribution in [0.4, 0.5) is 0 Å². The molecule has 3 atom stereocenters. The maximum absolute atomic E-state index is 6.34. The Morgan fingerprint density at radius 1 is 1.21 bits per heavy atom. The minimum Gasteiger partial charge on any atom is -0.328 e. The van der Waals surface area contributed by atoms with E-state index in [0.717, 1.165) is 0 Å². The molecule has 2 N–H and O–H groups in total. The summed E-state index contributed by atoms with van der Waals surface area (Å²) < 4.78 is 2.38. The van der Waals surface area contributed by atoms with Gasteiger partial charge in [0, 0.05) is 24.8 Å². The molecule has 0 radical (unpaired) electrons. The Morgan fingerprint density at radius 2 is 2.05 bits per heavy atom. The predicted octanol–water partition coefficient (Wildman–Crippen LogP) is 2.34. The van der Waals surface area contributed by atoms with E-state index in [4.69, 9.17) is 5.73 Å². The van der Waals surface area contributed by atoms with Crippen molar-refractivity contribution in [3.8, 4) is 0 Å². The monoisotopic (exact) mass is 262 g/mol. The van der Waals surface area contributed by atoms with Crippen molar-refractivity contribution in [1.82, 2.24) is 14.5 Å². The molecule has 4 nitrogen and oxygen atoms in total. The lowest BCUT2D eigenvalue weighted by Crippen LogP contribution is -2.38. The molecule has 19 heavy (non-hydrogen) atoms. The molecule has 2 aliphatic heterocycles. The number of rotatable bonds is 3. The van der Waals surface area contributed by atoms with Gasteiger partial charge < -0.3 is 10.3 Å². The average Bonchev–Trinajstić information content (AvgIpc) is 3.03. The van der Waals surface area contributed by atoms with E-state index in [9.17, 15) is 0 Å². The maximum atomic E-state index is 6.34. The molecule has 0 spiro atoms. The predicted molar refractivity (Wildman–Crippen MR) is 76.9 cm³/mol. The Morgan fingerprint density at radius 3 is 2.84 bits per heavy atom. The summed E-state index contributed by atoms with van der Waals surface area (Å²) in [6.45, 7) is 6.89.